The van der Waals surface area contributed by atoms with Gasteiger partial charge >= 0.3 is 0 Å². The molecule has 82 valence electrons. The van der Waals surface area contributed by atoms with Crippen molar-refractivity contribution in [2.45, 2.75) is 0 Å². The molecule has 2 rings (SSSR count). The molecule has 0 atom stereocenters. The highest BCUT2D eigenvalue weighted by molar-refractivity contribution is 6.30. The molecule has 0 amide bonds. The molecule has 0 heterocycles. The molecular weight excluding hydrogens is 224 g/mol. The zero-order valence-electron chi connectivity index (χ0n) is 8.48. The summed E-state index contributed by atoms with van der Waals surface area (Å²) in [6, 6.07) is 14.6. The van der Waals surface area contributed by atoms with Gasteiger partial charge in [0, 0.05) is 10.7 Å². The Labute approximate surface area is 98.8 Å². The molecular formula is C12H11ClN2O. The maximum absolute atomic E-state index is 5.85. The van der Waals surface area contributed by atoms with Gasteiger partial charge in [0.15, 0.2) is 0 Å². The number of nitrogen functional groups attached to an aromatic ring is 1. The van der Waals surface area contributed by atoms with Gasteiger partial charge in [-0.05, 0) is 42.5 Å². The highest BCUT2D eigenvalue weighted by Crippen LogP contribution is 2.24. The highest BCUT2D eigenvalue weighted by atomic mass is 35.5. The first kappa shape index (κ1) is 10.8. The van der Waals surface area contributed by atoms with Crippen LogP contribution in [-0.2, 0) is 0 Å². The molecule has 0 saturated carbocycles. The van der Waals surface area contributed by atoms with E-state index in [0.717, 1.165) is 11.4 Å². The predicted molar refractivity (Wildman–Crippen MR) is 65.8 cm³/mol. The first-order valence-corrected chi connectivity index (χ1v) is 5.16. The summed E-state index contributed by atoms with van der Waals surface area (Å²) in [6.07, 6.45) is 0. The fourth-order valence-corrected chi connectivity index (χ4v) is 1.47. The van der Waals surface area contributed by atoms with Crippen LogP contribution in [0.5, 0.6) is 11.5 Å². The SMILES string of the molecule is NNc1ccc(Oc2cccc(Cl)c2)cc1. The van der Waals surface area contributed by atoms with Crippen molar-refractivity contribution in [3.05, 3.63) is 53.6 Å². The summed E-state index contributed by atoms with van der Waals surface area (Å²) in [5, 5.41) is 0.651. The minimum absolute atomic E-state index is 0.651. The Morgan fingerprint density at radius 1 is 1.00 bits per heavy atom. The number of hydrazine groups is 1. The number of nitrogens with one attached hydrogen (secondary N) is 1. The van der Waals surface area contributed by atoms with Gasteiger partial charge in [0.25, 0.3) is 0 Å². The lowest BCUT2D eigenvalue weighted by molar-refractivity contribution is 0.483. The monoisotopic (exact) mass is 234 g/mol. The van der Waals surface area contributed by atoms with E-state index < -0.39 is 0 Å². The third-order valence-corrected chi connectivity index (χ3v) is 2.29. The van der Waals surface area contributed by atoms with Crippen molar-refractivity contribution in [1.82, 2.24) is 0 Å². The molecule has 3 N–H and O–H groups in total. The lowest BCUT2D eigenvalue weighted by Crippen LogP contribution is -2.05. The Morgan fingerprint density at radius 3 is 2.38 bits per heavy atom. The van der Waals surface area contributed by atoms with Crippen LogP contribution in [0.3, 0.4) is 0 Å². The quantitative estimate of drug-likeness (QED) is 0.632. The molecule has 0 spiro atoms. The minimum Gasteiger partial charge on any atom is -0.457 e. The zero-order valence-corrected chi connectivity index (χ0v) is 9.24. The van der Waals surface area contributed by atoms with Gasteiger partial charge in [-0.1, -0.05) is 17.7 Å². The second-order valence-corrected chi connectivity index (χ2v) is 3.66. The maximum atomic E-state index is 5.85. The van der Waals surface area contributed by atoms with Crippen LogP contribution in [-0.4, -0.2) is 0 Å². The molecule has 16 heavy (non-hydrogen) atoms. The number of rotatable bonds is 3. The topological polar surface area (TPSA) is 47.3 Å². The Balaban J connectivity index is 2.14. The number of hydrogen-bond donors (Lipinski definition) is 2. The highest BCUT2D eigenvalue weighted by Gasteiger charge is 1.97. The smallest absolute Gasteiger partial charge is 0.128 e. The standard InChI is InChI=1S/C12H11ClN2O/c13-9-2-1-3-12(8-9)16-11-6-4-10(15-14)5-7-11/h1-8,15H,14H2. The van der Waals surface area contributed by atoms with E-state index in [9.17, 15) is 0 Å². The van der Waals surface area contributed by atoms with Crippen LogP contribution in [0.4, 0.5) is 5.69 Å². The van der Waals surface area contributed by atoms with Gasteiger partial charge in [-0.25, -0.2) is 0 Å². The molecule has 0 radical (unpaired) electrons. The molecule has 0 aromatic heterocycles. The van der Waals surface area contributed by atoms with E-state index in [1.54, 1.807) is 12.1 Å². The van der Waals surface area contributed by atoms with Crippen LogP contribution in [0.15, 0.2) is 48.5 Å². The van der Waals surface area contributed by atoms with E-state index in [4.69, 9.17) is 22.2 Å². The van der Waals surface area contributed by atoms with Crippen LogP contribution in [0, 0.1) is 0 Å². The first-order valence-electron chi connectivity index (χ1n) is 4.78. The molecule has 0 fully saturated rings. The van der Waals surface area contributed by atoms with Crippen LogP contribution >= 0.6 is 11.6 Å². The van der Waals surface area contributed by atoms with E-state index in [0.29, 0.717) is 10.8 Å². The third-order valence-electron chi connectivity index (χ3n) is 2.05. The summed E-state index contributed by atoms with van der Waals surface area (Å²) in [5.41, 5.74) is 3.38. The maximum Gasteiger partial charge on any atom is 0.128 e. The van der Waals surface area contributed by atoms with Crippen molar-refractivity contribution < 1.29 is 4.74 Å². The van der Waals surface area contributed by atoms with Crippen LogP contribution in [0.1, 0.15) is 0 Å². The summed E-state index contributed by atoms with van der Waals surface area (Å²) in [7, 11) is 0. The fraction of sp³-hybridized carbons (Fsp3) is 0. The van der Waals surface area contributed by atoms with E-state index in [1.807, 2.05) is 36.4 Å². The van der Waals surface area contributed by atoms with Crippen LogP contribution in [0.25, 0.3) is 0 Å². The number of anilines is 1. The van der Waals surface area contributed by atoms with Gasteiger partial charge in [0.05, 0.1) is 0 Å². The number of benzene rings is 2. The molecule has 0 aliphatic heterocycles. The van der Waals surface area contributed by atoms with Gasteiger partial charge in [0.2, 0.25) is 0 Å². The summed E-state index contributed by atoms with van der Waals surface area (Å²) in [4.78, 5) is 0. The molecule has 0 unspecified atom stereocenters. The summed E-state index contributed by atoms with van der Waals surface area (Å²) < 4.78 is 5.61. The van der Waals surface area contributed by atoms with Crippen molar-refractivity contribution in [3.8, 4) is 11.5 Å². The molecule has 0 saturated heterocycles. The summed E-state index contributed by atoms with van der Waals surface area (Å²) in [6.45, 7) is 0. The lowest BCUT2D eigenvalue weighted by atomic mass is 10.3. The molecule has 2 aromatic carbocycles. The van der Waals surface area contributed by atoms with Gasteiger partial charge in [-0.3, -0.25) is 5.84 Å². The first-order chi connectivity index (χ1) is 7.78. The van der Waals surface area contributed by atoms with Gasteiger partial charge in [-0.15, -0.1) is 0 Å². The summed E-state index contributed by atoms with van der Waals surface area (Å²) in [5.74, 6) is 6.71. The number of halogens is 1. The molecule has 0 aliphatic carbocycles. The predicted octanol–water partition coefficient (Wildman–Crippen LogP) is 3.42. The molecule has 4 heteroatoms. The normalized spacial score (nSPS) is 9.88. The second kappa shape index (κ2) is 4.88. The zero-order chi connectivity index (χ0) is 11.4. The molecule has 2 aromatic rings. The Morgan fingerprint density at radius 2 is 1.75 bits per heavy atom. The number of nitrogens with two attached hydrogens (primary N) is 1. The Kier molecular flexibility index (Phi) is 3.29. The average molecular weight is 235 g/mol. The van der Waals surface area contributed by atoms with Gasteiger partial charge in [0.1, 0.15) is 11.5 Å². The second-order valence-electron chi connectivity index (χ2n) is 3.23. The van der Waals surface area contributed by atoms with Crippen molar-refractivity contribution in [2.24, 2.45) is 5.84 Å². The van der Waals surface area contributed by atoms with Crippen molar-refractivity contribution in [1.29, 1.82) is 0 Å². The summed E-state index contributed by atoms with van der Waals surface area (Å²) >= 11 is 5.85. The van der Waals surface area contributed by atoms with Crippen molar-refractivity contribution in [2.75, 3.05) is 5.43 Å². The van der Waals surface area contributed by atoms with Gasteiger partial charge < -0.3 is 10.2 Å². The van der Waals surface area contributed by atoms with E-state index in [1.165, 1.54) is 0 Å². The molecule has 3 nitrogen and oxygen atoms in total. The van der Waals surface area contributed by atoms with Crippen LogP contribution in [0.2, 0.25) is 5.02 Å². The number of ether oxygens (including phenoxy) is 1. The average Bonchev–Trinajstić information content (AvgIpc) is 2.30. The lowest BCUT2D eigenvalue weighted by Gasteiger charge is -2.06. The van der Waals surface area contributed by atoms with Crippen LogP contribution < -0.4 is 16.0 Å². The Hall–Kier alpha value is -1.71. The minimum atomic E-state index is 0.651. The number of hydrogen-bond acceptors (Lipinski definition) is 3. The third kappa shape index (κ3) is 2.66. The Bertz CT molecular complexity index is 471. The van der Waals surface area contributed by atoms with E-state index in [-0.39, 0.29) is 0 Å². The fourth-order valence-electron chi connectivity index (χ4n) is 1.29. The van der Waals surface area contributed by atoms with Gasteiger partial charge in [-0.2, -0.15) is 0 Å². The van der Waals surface area contributed by atoms with Crippen molar-refractivity contribution in [3.63, 3.8) is 0 Å². The molecule has 0 aliphatic rings. The van der Waals surface area contributed by atoms with Crippen molar-refractivity contribution >= 4 is 17.3 Å². The largest absolute Gasteiger partial charge is 0.457 e. The van der Waals surface area contributed by atoms with E-state index >= 15 is 0 Å². The molecule has 0 bridgehead atoms. The van der Waals surface area contributed by atoms with E-state index in [2.05, 4.69) is 5.43 Å².